The Labute approximate surface area is 171 Å². The van der Waals surface area contributed by atoms with Crippen LogP contribution in [0.1, 0.15) is 39.2 Å². The summed E-state index contributed by atoms with van der Waals surface area (Å²) < 4.78 is 34.6. The zero-order valence-electron chi connectivity index (χ0n) is 17.4. The molecule has 3 rings (SSSR count). The quantitative estimate of drug-likeness (QED) is 0.633. The topological polar surface area (TPSA) is 103 Å². The number of ether oxygens (including phenoxy) is 1. The molecule has 2 heterocycles. The van der Waals surface area contributed by atoms with E-state index in [9.17, 15) is 8.42 Å². The molecule has 0 fully saturated rings. The zero-order valence-corrected chi connectivity index (χ0v) is 18.2. The SMILES string of the molecule is CCN(CC)S(=O)(=O)c1cc(-c2ccn3nc(N)c(C(C)C)c3n2)ccc1OC. The average molecular weight is 418 g/mol. The van der Waals surface area contributed by atoms with Crippen LogP contribution in [0.4, 0.5) is 5.82 Å². The maximum absolute atomic E-state index is 13.1. The van der Waals surface area contributed by atoms with E-state index in [1.54, 1.807) is 35.0 Å². The van der Waals surface area contributed by atoms with Crippen molar-refractivity contribution in [3.63, 3.8) is 0 Å². The summed E-state index contributed by atoms with van der Waals surface area (Å²) in [6, 6.07) is 6.86. The molecule has 0 radical (unpaired) electrons. The first-order valence-electron chi connectivity index (χ1n) is 9.57. The lowest BCUT2D eigenvalue weighted by Gasteiger charge is -2.20. The first kappa shape index (κ1) is 21.1. The number of rotatable bonds is 7. The molecule has 3 aromatic rings. The van der Waals surface area contributed by atoms with Crippen molar-refractivity contribution in [2.75, 3.05) is 25.9 Å². The van der Waals surface area contributed by atoms with E-state index in [1.807, 2.05) is 27.7 Å². The van der Waals surface area contributed by atoms with Crippen LogP contribution < -0.4 is 10.5 Å². The number of aromatic nitrogens is 3. The van der Waals surface area contributed by atoms with E-state index in [2.05, 4.69) is 5.10 Å². The van der Waals surface area contributed by atoms with Gasteiger partial charge in [0, 0.05) is 30.4 Å². The first-order chi connectivity index (χ1) is 13.7. The van der Waals surface area contributed by atoms with Gasteiger partial charge in [-0.2, -0.15) is 4.31 Å². The lowest BCUT2D eigenvalue weighted by atomic mass is 10.1. The molecule has 0 aliphatic heterocycles. The second-order valence-electron chi connectivity index (χ2n) is 6.99. The molecule has 2 N–H and O–H groups in total. The van der Waals surface area contributed by atoms with Gasteiger partial charge < -0.3 is 10.5 Å². The van der Waals surface area contributed by atoms with Gasteiger partial charge in [-0.1, -0.05) is 27.7 Å². The molecule has 0 aliphatic carbocycles. The molecule has 0 aliphatic rings. The Balaban J connectivity index is 2.19. The molecule has 0 atom stereocenters. The summed E-state index contributed by atoms with van der Waals surface area (Å²) in [5.41, 5.74) is 8.90. The van der Waals surface area contributed by atoms with Crippen LogP contribution in [0.3, 0.4) is 0 Å². The number of nitrogen functional groups attached to an aromatic ring is 1. The molecule has 0 saturated heterocycles. The molecule has 9 heteroatoms. The standard InChI is InChI=1S/C20H27N5O3S/c1-6-24(7-2)29(26,27)17-12-14(8-9-16(17)28-5)15-10-11-25-20(22-15)18(13(3)4)19(21)23-25/h8-13H,6-7H2,1-5H3,(H2,21,23). The third kappa shape index (κ3) is 3.67. The Morgan fingerprint density at radius 2 is 1.90 bits per heavy atom. The molecule has 0 unspecified atom stereocenters. The predicted octanol–water partition coefficient (Wildman–Crippen LogP) is 3.14. The summed E-state index contributed by atoms with van der Waals surface area (Å²) in [5, 5.41) is 4.31. The number of anilines is 1. The molecular formula is C20H27N5O3S. The van der Waals surface area contributed by atoms with Crippen LogP contribution in [0.5, 0.6) is 5.75 Å². The number of methoxy groups -OCH3 is 1. The van der Waals surface area contributed by atoms with E-state index in [1.165, 1.54) is 11.4 Å². The molecule has 2 aromatic heterocycles. The predicted molar refractivity (Wildman–Crippen MR) is 114 cm³/mol. The maximum atomic E-state index is 13.1. The van der Waals surface area contributed by atoms with Crippen LogP contribution >= 0.6 is 0 Å². The molecule has 29 heavy (non-hydrogen) atoms. The Morgan fingerprint density at radius 1 is 1.21 bits per heavy atom. The summed E-state index contributed by atoms with van der Waals surface area (Å²) in [4.78, 5) is 4.85. The number of hydrogen-bond donors (Lipinski definition) is 1. The molecule has 8 nitrogen and oxygen atoms in total. The van der Waals surface area contributed by atoms with Gasteiger partial charge in [0.25, 0.3) is 0 Å². The zero-order chi connectivity index (χ0) is 21.3. The Morgan fingerprint density at radius 3 is 2.48 bits per heavy atom. The molecule has 1 aromatic carbocycles. The minimum atomic E-state index is -3.69. The number of benzene rings is 1. The summed E-state index contributed by atoms with van der Waals surface area (Å²) >= 11 is 0. The van der Waals surface area contributed by atoms with Crippen molar-refractivity contribution in [2.24, 2.45) is 0 Å². The van der Waals surface area contributed by atoms with Crippen molar-refractivity contribution in [1.82, 2.24) is 18.9 Å². The van der Waals surface area contributed by atoms with Crippen LogP contribution in [0.15, 0.2) is 35.4 Å². The van der Waals surface area contributed by atoms with Crippen LogP contribution in [0.25, 0.3) is 16.9 Å². The fourth-order valence-corrected chi connectivity index (χ4v) is 5.06. The van der Waals surface area contributed by atoms with Crippen LogP contribution in [0.2, 0.25) is 0 Å². The number of sulfonamides is 1. The van der Waals surface area contributed by atoms with Crippen molar-refractivity contribution >= 4 is 21.5 Å². The average Bonchev–Trinajstić information content (AvgIpc) is 3.03. The van der Waals surface area contributed by atoms with Crippen LogP contribution in [-0.2, 0) is 10.0 Å². The van der Waals surface area contributed by atoms with Gasteiger partial charge in [-0.15, -0.1) is 5.10 Å². The monoisotopic (exact) mass is 417 g/mol. The third-order valence-electron chi connectivity index (χ3n) is 4.91. The van der Waals surface area contributed by atoms with Gasteiger partial charge in [0.2, 0.25) is 10.0 Å². The summed E-state index contributed by atoms with van der Waals surface area (Å²) in [6.45, 7) is 8.44. The van der Waals surface area contributed by atoms with E-state index in [0.717, 1.165) is 5.56 Å². The lowest BCUT2D eigenvalue weighted by molar-refractivity contribution is 0.395. The van der Waals surface area contributed by atoms with Gasteiger partial charge in [-0.3, -0.25) is 0 Å². The van der Waals surface area contributed by atoms with Crippen molar-refractivity contribution < 1.29 is 13.2 Å². The number of hydrogen-bond acceptors (Lipinski definition) is 6. The van der Waals surface area contributed by atoms with Gasteiger partial charge in [-0.25, -0.2) is 17.9 Å². The molecule has 0 bridgehead atoms. The van der Waals surface area contributed by atoms with Gasteiger partial charge in [0.1, 0.15) is 10.6 Å². The minimum absolute atomic E-state index is 0.125. The second kappa shape index (κ2) is 8.00. The Hall–Kier alpha value is -2.65. The number of nitrogens with two attached hydrogens (primary N) is 1. The van der Waals surface area contributed by atoms with E-state index in [-0.39, 0.29) is 10.8 Å². The highest BCUT2D eigenvalue weighted by atomic mass is 32.2. The van der Waals surface area contributed by atoms with Gasteiger partial charge in [-0.05, 0) is 30.2 Å². The van der Waals surface area contributed by atoms with Crippen molar-refractivity contribution in [2.45, 2.75) is 38.5 Å². The normalized spacial score (nSPS) is 12.2. The molecule has 0 saturated carbocycles. The summed E-state index contributed by atoms with van der Waals surface area (Å²) in [7, 11) is -2.23. The van der Waals surface area contributed by atoms with Crippen LogP contribution in [0, 0.1) is 0 Å². The Kier molecular flexibility index (Phi) is 5.81. The van der Waals surface area contributed by atoms with E-state index in [4.69, 9.17) is 15.5 Å². The largest absolute Gasteiger partial charge is 0.495 e. The first-order valence-corrected chi connectivity index (χ1v) is 11.0. The molecule has 156 valence electrons. The number of fused-ring (bicyclic) bond motifs is 1. The van der Waals surface area contributed by atoms with Gasteiger partial charge >= 0.3 is 0 Å². The van der Waals surface area contributed by atoms with E-state index in [0.29, 0.717) is 41.6 Å². The van der Waals surface area contributed by atoms with Gasteiger partial charge in [0.15, 0.2) is 11.5 Å². The van der Waals surface area contributed by atoms with E-state index < -0.39 is 10.0 Å². The fraction of sp³-hybridized carbons (Fsp3) is 0.400. The van der Waals surface area contributed by atoms with Crippen molar-refractivity contribution in [3.05, 3.63) is 36.0 Å². The molecule has 0 spiro atoms. The fourth-order valence-electron chi connectivity index (χ4n) is 3.42. The highest BCUT2D eigenvalue weighted by molar-refractivity contribution is 7.89. The van der Waals surface area contributed by atoms with Gasteiger partial charge in [0.05, 0.1) is 12.8 Å². The van der Waals surface area contributed by atoms with Crippen LogP contribution in [-0.4, -0.2) is 47.5 Å². The lowest BCUT2D eigenvalue weighted by Crippen LogP contribution is -2.30. The highest BCUT2D eigenvalue weighted by Crippen LogP contribution is 2.32. The minimum Gasteiger partial charge on any atom is -0.495 e. The smallest absolute Gasteiger partial charge is 0.246 e. The molecule has 0 amide bonds. The third-order valence-corrected chi connectivity index (χ3v) is 6.98. The van der Waals surface area contributed by atoms with E-state index >= 15 is 0 Å². The Bertz CT molecular complexity index is 1130. The number of nitrogens with zero attached hydrogens (tertiary/aromatic N) is 4. The summed E-state index contributed by atoms with van der Waals surface area (Å²) in [6.07, 6.45) is 1.78. The second-order valence-corrected chi connectivity index (χ2v) is 8.90. The highest BCUT2D eigenvalue weighted by Gasteiger charge is 2.26. The maximum Gasteiger partial charge on any atom is 0.246 e. The molecular weight excluding hydrogens is 390 g/mol. The van der Waals surface area contributed by atoms with Crippen molar-refractivity contribution in [1.29, 1.82) is 0 Å². The van der Waals surface area contributed by atoms with Crippen molar-refractivity contribution in [3.8, 4) is 17.0 Å². The summed E-state index contributed by atoms with van der Waals surface area (Å²) in [5.74, 6) is 0.909.